The summed E-state index contributed by atoms with van der Waals surface area (Å²) in [6.07, 6.45) is 2.53. The lowest BCUT2D eigenvalue weighted by atomic mass is 10.1. The first-order valence-electron chi connectivity index (χ1n) is 7.22. The molecule has 0 aliphatic carbocycles. The summed E-state index contributed by atoms with van der Waals surface area (Å²) in [7, 11) is 1.83. The smallest absolute Gasteiger partial charge is 0.257 e. The first kappa shape index (κ1) is 15.1. The topological polar surface area (TPSA) is 64.2 Å². The Kier molecular flexibility index (Phi) is 4.62. The molecular formula is C16H22N4O. The van der Waals surface area contributed by atoms with Crippen LogP contribution in [0.5, 0.6) is 0 Å². The fourth-order valence-corrected chi connectivity index (χ4v) is 2.36. The molecule has 0 aliphatic rings. The highest BCUT2D eigenvalue weighted by molar-refractivity contribution is 5.95. The molecule has 5 heteroatoms. The maximum absolute atomic E-state index is 12.7. The maximum atomic E-state index is 12.7. The van der Waals surface area contributed by atoms with Gasteiger partial charge in [-0.25, -0.2) is 0 Å². The fourth-order valence-electron chi connectivity index (χ4n) is 2.36. The number of aryl methyl sites for hydroxylation is 2. The predicted molar refractivity (Wildman–Crippen MR) is 83.9 cm³/mol. The Labute approximate surface area is 125 Å². The summed E-state index contributed by atoms with van der Waals surface area (Å²) in [5, 5.41) is 4.34. The minimum absolute atomic E-state index is 0.00528. The van der Waals surface area contributed by atoms with Gasteiger partial charge in [0.2, 0.25) is 0 Å². The van der Waals surface area contributed by atoms with Crippen molar-refractivity contribution in [3.63, 3.8) is 0 Å². The molecule has 1 heterocycles. The standard InChI is InChI=1S/C16H22N4O/c1-4-15-13(11-19(3)18-15)16(21)20(5-2)10-12-8-6-7-9-14(12)17/h6-9,11H,4-5,10,17H2,1-3H3. The van der Waals surface area contributed by atoms with Crippen LogP contribution in [0.1, 0.15) is 35.5 Å². The number of carbonyl (C=O) groups excluding carboxylic acids is 1. The number of nitrogens with two attached hydrogens (primary N) is 1. The van der Waals surface area contributed by atoms with Crippen LogP contribution < -0.4 is 5.73 Å². The van der Waals surface area contributed by atoms with Gasteiger partial charge in [0.05, 0.1) is 11.3 Å². The lowest BCUT2D eigenvalue weighted by molar-refractivity contribution is 0.0752. The van der Waals surface area contributed by atoms with E-state index in [0.29, 0.717) is 24.3 Å². The number of hydrogen-bond acceptors (Lipinski definition) is 3. The van der Waals surface area contributed by atoms with Crippen molar-refractivity contribution in [3.05, 3.63) is 47.3 Å². The van der Waals surface area contributed by atoms with E-state index < -0.39 is 0 Å². The van der Waals surface area contributed by atoms with E-state index >= 15 is 0 Å². The lowest BCUT2D eigenvalue weighted by Gasteiger charge is -2.21. The van der Waals surface area contributed by atoms with E-state index in [1.807, 2.05) is 45.2 Å². The Bertz CT molecular complexity index is 633. The summed E-state index contributed by atoms with van der Waals surface area (Å²) in [6, 6.07) is 7.64. The van der Waals surface area contributed by atoms with Crippen molar-refractivity contribution in [2.75, 3.05) is 12.3 Å². The third-order valence-electron chi connectivity index (χ3n) is 3.56. The highest BCUT2D eigenvalue weighted by Gasteiger charge is 2.20. The zero-order chi connectivity index (χ0) is 15.4. The molecular weight excluding hydrogens is 264 g/mol. The second-order valence-electron chi connectivity index (χ2n) is 5.03. The van der Waals surface area contributed by atoms with E-state index in [4.69, 9.17) is 5.73 Å². The summed E-state index contributed by atoms with van der Waals surface area (Å²) in [4.78, 5) is 14.5. The van der Waals surface area contributed by atoms with E-state index in [2.05, 4.69) is 5.10 Å². The molecule has 1 aromatic heterocycles. The van der Waals surface area contributed by atoms with Crippen LogP contribution in [0.3, 0.4) is 0 Å². The van der Waals surface area contributed by atoms with Crippen LogP contribution in [-0.2, 0) is 20.0 Å². The van der Waals surface area contributed by atoms with Gasteiger partial charge in [-0.15, -0.1) is 0 Å². The first-order valence-corrected chi connectivity index (χ1v) is 7.22. The minimum Gasteiger partial charge on any atom is -0.398 e. The van der Waals surface area contributed by atoms with Crippen LogP contribution in [0.2, 0.25) is 0 Å². The average Bonchev–Trinajstić information content (AvgIpc) is 2.87. The summed E-state index contributed by atoms with van der Waals surface area (Å²) < 4.78 is 1.69. The van der Waals surface area contributed by atoms with E-state index in [-0.39, 0.29) is 5.91 Å². The molecule has 0 atom stereocenters. The van der Waals surface area contributed by atoms with Crippen LogP contribution in [0.25, 0.3) is 0 Å². The maximum Gasteiger partial charge on any atom is 0.257 e. The fraction of sp³-hybridized carbons (Fsp3) is 0.375. The molecule has 112 valence electrons. The highest BCUT2D eigenvalue weighted by Crippen LogP contribution is 2.17. The van der Waals surface area contributed by atoms with Gasteiger partial charge in [0.1, 0.15) is 0 Å². The lowest BCUT2D eigenvalue weighted by Crippen LogP contribution is -2.31. The molecule has 2 aromatic rings. The third-order valence-corrected chi connectivity index (χ3v) is 3.56. The molecule has 0 aliphatic heterocycles. The Morgan fingerprint density at radius 1 is 1.33 bits per heavy atom. The van der Waals surface area contributed by atoms with Gasteiger partial charge in [-0.1, -0.05) is 25.1 Å². The SMILES string of the molecule is CCc1nn(C)cc1C(=O)N(CC)Cc1ccccc1N. The molecule has 0 saturated carbocycles. The van der Waals surface area contributed by atoms with Crippen molar-refractivity contribution >= 4 is 11.6 Å². The quantitative estimate of drug-likeness (QED) is 0.857. The molecule has 1 amide bonds. The normalized spacial score (nSPS) is 10.6. The van der Waals surface area contributed by atoms with Gasteiger partial charge in [-0.3, -0.25) is 9.48 Å². The number of carbonyl (C=O) groups is 1. The van der Waals surface area contributed by atoms with Crippen LogP contribution in [0, 0.1) is 0 Å². The average molecular weight is 286 g/mol. The van der Waals surface area contributed by atoms with Gasteiger partial charge in [-0.2, -0.15) is 5.10 Å². The Morgan fingerprint density at radius 3 is 2.67 bits per heavy atom. The summed E-state index contributed by atoms with van der Waals surface area (Å²) in [5.41, 5.74) is 9.16. The van der Waals surface area contributed by atoms with Gasteiger partial charge in [0, 0.05) is 32.0 Å². The van der Waals surface area contributed by atoms with Crippen LogP contribution >= 0.6 is 0 Å². The molecule has 2 rings (SSSR count). The van der Waals surface area contributed by atoms with Gasteiger partial charge >= 0.3 is 0 Å². The van der Waals surface area contributed by atoms with Crippen LogP contribution in [0.4, 0.5) is 5.69 Å². The number of nitrogen functional groups attached to an aromatic ring is 1. The summed E-state index contributed by atoms with van der Waals surface area (Å²) in [6.45, 7) is 5.12. The second-order valence-corrected chi connectivity index (χ2v) is 5.03. The molecule has 0 spiro atoms. The van der Waals surface area contributed by atoms with Crippen molar-refractivity contribution in [2.45, 2.75) is 26.8 Å². The molecule has 21 heavy (non-hydrogen) atoms. The van der Waals surface area contributed by atoms with Crippen molar-refractivity contribution in [2.24, 2.45) is 7.05 Å². The van der Waals surface area contributed by atoms with Gasteiger partial charge in [0.15, 0.2) is 0 Å². The highest BCUT2D eigenvalue weighted by atomic mass is 16.2. The molecule has 5 nitrogen and oxygen atoms in total. The number of amides is 1. The summed E-state index contributed by atoms with van der Waals surface area (Å²) in [5.74, 6) is 0.00528. The Balaban J connectivity index is 2.25. The molecule has 1 aromatic carbocycles. The van der Waals surface area contributed by atoms with E-state index in [1.165, 1.54) is 0 Å². The number of rotatable bonds is 5. The number of nitrogens with zero attached hydrogens (tertiary/aromatic N) is 3. The van der Waals surface area contributed by atoms with E-state index in [9.17, 15) is 4.79 Å². The molecule has 0 bridgehead atoms. The Hall–Kier alpha value is -2.30. The van der Waals surface area contributed by atoms with Crippen molar-refractivity contribution in [1.29, 1.82) is 0 Å². The second kappa shape index (κ2) is 6.43. The largest absolute Gasteiger partial charge is 0.398 e. The van der Waals surface area contributed by atoms with Crippen molar-refractivity contribution in [1.82, 2.24) is 14.7 Å². The zero-order valence-corrected chi connectivity index (χ0v) is 12.8. The summed E-state index contributed by atoms with van der Waals surface area (Å²) >= 11 is 0. The number of hydrogen-bond donors (Lipinski definition) is 1. The minimum atomic E-state index is 0.00528. The van der Waals surface area contributed by atoms with Gasteiger partial charge < -0.3 is 10.6 Å². The zero-order valence-electron chi connectivity index (χ0n) is 12.8. The molecule has 0 saturated heterocycles. The van der Waals surface area contributed by atoms with E-state index in [1.54, 1.807) is 15.8 Å². The molecule has 0 fully saturated rings. The number of benzene rings is 1. The Morgan fingerprint density at radius 2 is 2.05 bits per heavy atom. The third kappa shape index (κ3) is 3.24. The number of anilines is 1. The van der Waals surface area contributed by atoms with Gasteiger partial charge in [0.25, 0.3) is 5.91 Å². The molecule has 0 unspecified atom stereocenters. The molecule has 0 radical (unpaired) electrons. The van der Waals surface area contributed by atoms with Crippen LogP contribution in [-0.4, -0.2) is 27.1 Å². The molecule has 2 N–H and O–H groups in total. The predicted octanol–water partition coefficient (Wildman–Crippen LogP) is 2.23. The van der Waals surface area contributed by atoms with Crippen molar-refractivity contribution < 1.29 is 4.79 Å². The number of para-hydroxylation sites is 1. The van der Waals surface area contributed by atoms with Crippen molar-refractivity contribution in [3.8, 4) is 0 Å². The number of aromatic nitrogens is 2. The van der Waals surface area contributed by atoms with Gasteiger partial charge in [-0.05, 0) is 25.0 Å². The monoisotopic (exact) mass is 286 g/mol. The van der Waals surface area contributed by atoms with Crippen LogP contribution in [0.15, 0.2) is 30.5 Å². The first-order chi connectivity index (χ1) is 10.1. The van der Waals surface area contributed by atoms with E-state index in [0.717, 1.165) is 17.7 Å².